The van der Waals surface area contributed by atoms with E-state index in [1.807, 2.05) is 23.1 Å². The molecule has 2 aromatic carbocycles. The van der Waals surface area contributed by atoms with Crippen LogP contribution in [0.3, 0.4) is 0 Å². The predicted octanol–water partition coefficient (Wildman–Crippen LogP) is 4.45. The highest BCUT2D eigenvalue weighted by Gasteiger charge is 2.24. The Morgan fingerprint density at radius 1 is 1.25 bits per heavy atom. The highest BCUT2D eigenvalue weighted by atomic mass is 32.2. The van der Waals surface area contributed by atoms with E-state index < -0.39 is 10.8 Å². The zero-order chi connectivity index (χ0) is 19.9. The van der Waals surface area contributed by atoms with Crippen LogP contribution in [-0.4, -0.2) is 29.7 Å². The van der Waals surface area contributed by atoms with E-state index in [0.29, 0.717) is 23.5 Å². The summed E-state index contributed by atoms with van der Waals surface area (Å²) in [6.45, 7) is 1.58. The van der Waals surface area contributed by atoms with Gasteiger partial charge in [-0.05, 0) is 37.1 Å². The van der Waals surface area contributed by atoms with Crippen LogP contribution in [0, 0.1) is 21.4 Å². The van der Waals surface area contributed by atoms with Gasteiger partial charge in [-0.2, -0.15) is 5.26 Å². The van der Waals surface area contributed by atoms with Gasteiger partial charge in [0.05, 0.1) is 16.7 Å². The van der Waals surface area contributed by atoms with Gasteiger partial charge < -0.3 is 10.2 Å². The lowest BCUT2D eigenvalue weighted by Crippen LogP contribution is -2.20. The van der Waals surface area contributed by atoms with Gasteiger partial charge in [-0.15, -0.1) is 11.8 Å². The lowest BCUT2D eigenvalue weighted by molar-refractivity contribution is -0.384. The van der Waals surface area contributed by atoms with Gasteiger partial charge in [0.25, 0.3) is 11.6 Å². The Hall–Kier alpha value is -3.05. The first-order valence-corrected chi connectivity index (χ1v) is 10.0. The minimum Gasteiger partial charge on any atom is -0.366 e. The lowest BCUT2D eigenvalue weighted by atomic mass is 10.1. The molecule has 1 aliphatic heterocycles. The number of nitro benzene ring substituents is 1. The van der Waals surface area contributed by atoms with E-state index in [-0.39, 0.29) is 11.3 Å². The molecule has 1 heterocycles. The number of carbonyl (C=O) groups is 1. The molecule has 0 radical (unpaired) electrons. The van der Waals surface area contributed by atoms with Crippen LogP contribution in [0.1, 0.15) is 29.6 Å². The number of carbonyl (C=O) groups excluding carboxylic acids is 1. The first kappa shape index (κ1) is 19.7. The van der Waals surface area contributed by atoms with Crippen LogP contribution in [0.2, 0.25) is 0 Å². The van der Waals surface area contributed by atoms with E-state index >= 15 is 0 Å². The molecule has 1 saturated heterocycles. The minimum absolute atomic E-state index is 0.0498. The molecule has 0 unspecified atom stereocenters. The molecular weight excluding hydrogens is 376 g/mol. The van der Waals surface area contributed by atoms with Crippen LogP contribution in [0.15, 0.2) is 47.4 Å². The Labute approximate surface area is 167 Å². The molecule has 1 amide bonds. The molecule has 0 saturated carbocycles. The number of nitro groups is 1. The van der Waals surface area contributed by atoms with Crippen molar-refractivity contribution in [2.75, 3.05) is 29.1 Å². The number of hydrogen-bond donors (Lipinski definition) is 1. The summed E-state index contributed by atoms with van der Waals surface area (Å²) in [5, 5.41) is 23.0. The molecule has 1 N–H and O–H groups in total. The van der Waals surface area contributed by atoms with Crippen molar-refractivity contribution in [1.29, 1.82) is 5.26 Å². The number of nitriles is 1. The van der Waals surface area contributed by atoms with Crippen LogP contribution in [-0.2, 0) is 0 Å². The number of hydrogen-bond acceptors (Lipinski definition) is 6. The number of benzene rings is 2. The van der Waals surface area contributed by atoms with Gasteiger partial charge in [-0.25, -0.2) is 0 Å². The van der Waals surface area contributed by atoms with Gasteiger partial charge in [0.15, 0.2) is 0 Å². The summed E-state index contributed by atoms with van der Waals surface area (Å²) in [6.07, 6.45) is 2.44. The SMILES string of the molecule is N#CCCSc1ccccc1NC(=O)c1ccc(N2CCCC2)c([N+](=O)[O-])c1. The minimum atomic E-state index is -0.434. The summed E-state index contributed by atoms with van der Waals surface area (Å²) in [7, 11) is 0. The van der Waals surface area contributed by atoms with Gasteiger partial charge in [-0.3, -0.25) is 14.9 Å². The predicted molar refractivity (Wildman–Crippen MR) is 110 cm³/mol. The maximum atomic E-state index is 12.7. The lowest BCUT2D eigenvalue weighted by Gasteiger charge is -2.18. The number of amides is 1. The van der Waals surface area contributed by atoms with Gasteiger partial charge in [0.1, 0.15) is 5.69 Å². The summed E-state index contributed by atoms with van der Waals surface area (Å²) in [5.41, 5.74) is 1.38. The van der Waals surface area contributed by atoms with E-state index in [2.05, 4.69) is 11.4 Å². The molecule has 0 atom stereocenters. The Kier molecular flexibility index (Phi) is 6.50. The Balaban J connectivity index is 1.81. The summed E-state index contributed by atoms with van der Waals surface area (Å²) < 4.78 is 0. The molecule has 1 aliphatic rings. The number of para-hydroxylation sites is 1. The molecule has 1 fully saturated rings. The Bertz CT molecular complexity index is 920. The van der Waals surface area contributed by atoms with E-state index in [1.54, 1.807) is 18.2 Å². The highest BCUT2D eigenvalue weighted by molar-refractivity contribution is 7.99. The van der Waals surface area contributed by atoms with Crippen molar-refractivity contribution < 1.29 is 9.72 Å². The Morgan fingerprint density at radius 2 is 2.00 bits per heavy atom. The Morgan fingerprint density at radius 3 is 2.71 bits per heavy atom. The van der Waals surface area contributed by atoms with Crippen molar-refractivity contribution in [3.8, 4) is 6.07 Å². The first-order chi connectivity index (χ1) is 13.6. The summed E-state index contributed by atoms with van der Waals surface area (Å²) in [5.74, 6) is 0.226. The van der Waals surface area contributed by atoms with Crippen molar-refractivity contribution in [3.63, 3.8) is 0 Å². The topological polar surface area (TPSA) is 99.3 Å². The normalized spacial score (nSPS) is 13.2. The monoisotopic (exact) mass is 396 g/mol. The molecule has 2 aromatic rings. The number of nitrogens with zero attached hydrogens (tertiary/aromatic N) is 3. The average molecular weight is 396 g/mol. The van der Waals surface area contributed by atoms with Crippen molar-refractivity contribution in [2.45, 2.75) is 24.2 Å². The molecule has 0 bridgehead atoms. The van der Waals surface area contributed by atoms with E-state index in [9.17, 15) is 14.9 Å². The van der Waals surface area contributed by atoms with Crippen LogP contribution >= 0.6 is 11.8 Å². The number of anilines is 2. The van der Waals surface area contributed by atoms with Gasteiger partial charge in [0, 0.05) is 41.8 Å². The van der Waals surface area contributed by atoms with E-state index in [1.165, 1.54) is 17.8 Å². The maximum Gasteiger partial charge on any atom is 0.293 e. The maximum absolute atomic E-state index is 12.7. The fraction of sp³-hybridized carbons (Fsp3) is 0.300. The van der Waals surface area contributed by atoms with Gasteiger partial charge in [0.2, 0.25) is 0 Å². The third-order valence-electron chi connectivity index (χ3n) is 4.49. The number of rotatable bonds is 7. The quantitative estimate of drug-likeness (QED) is 0.321. The molecule has 8 heteroatoms. The smallest absolute Gasteiger partial charge is 0.293 e. The fourth-order valence-corrected chi connectivity index (χ4v) is 4.00. The molecular formula is C20H20N4O3S. The van der Waals surface area contributed by atoms with Crippen molar-refractivity contribution >= 4 is 34.7 Å². The highest BCUT2D eigenvalue weighted by Crippen LogP contribution is 2.32. The van der Waals surface area contributed by atoms with E-state index in [4.69, 9.17) is 5.26 Å². The summed E-state index contributed by atoms with van der Waals surface area (Å²) >= 11 is 1.48. The molecule has 0 aliphatic carbocycles. The second kappa shape index (κ2) is 9.24. The van der Waals surface area contributed by atoms with Crippen molar-refractivity contribution in [3.05, 3.63) is 58.1 Å². The van der Waals surface area contributed by atoms with E-state index in [0.717, 1.165) is 30.8 Å². The molecule has 144 valence electrons. The fourth-order valence-electron chi connectivity index (χ4n) is 3.13. The van der Waals surface area contributed by atoms with Crippen LogP contribution in [0.4, 0.5) is 17.1 Å². The molecule has 0 spiro atoms. The molecule has 7 nitrogen and oxygen atoms in total. The van der Waals surface area contributed by atoms with Gasteiger partial charge >= 0.3 is 0 Å². The van der Waals surface area contributed by atoms with Crippen LogP contribution < -0.4 is 10.2 Å². The van der Waals surface area contributed by atoms with Crippen molar-refractivity contribution in [2.24, 2.45) is 0 Å². The number of nitrogens with one attached hydrogen (secondary N) is 1. The second-order valence-corrected chi connectivity index (χ2v) is 7.50. The molecule has 3 rings (SSSR count). The van der Waals surface area contributed by atoms with Crippen LogP contribution in [0.25, 0.3) is 0 Å². The van der Waals surface area contributed by atoms with Crippen LogP contribution in [0.5, 0.6) is 0 Å². The summed E-state index contributed by atoms with van der Waals surface area (Å²) in [6, 6.07) is 14.0. The average Bonchev–Trinajstić information content (AvgIpc) is 3.23. The first-order valence-electron chi connectivity index (χ1n) is 9.03. The zero-order valence-electron chi connectivity index (χ0n) is 15.3. The second-order valence-electron chi connectivity index (χ2n) is 6.36. The molecule has 0 aromatic heterocycles. The van der Waals surface area contributed by atoms with Gasteiger partial charge in [-0.1, -0.05) is 12.1 Å². The largest absolute Gasteiger partial charge is 0.366 e. The third kappa shape index (κ3) is 4.61. The number of thioether (sulfide) groups is 1. The van der Waals surface area contributed by atoms with Crippen molar-refractivity contribution in [1.82, 2.24) is 0 Å². The third-order valence-corrected chi connectivity index (χ3v) is 5.56. The molecule has 28 heavy (non-hydrogen) atoms. The zero-order valence-corrected chi connectivity index (χ0v) is 16.1. The summed E-state index contributed by atoms with van der Waals surface area (Å²) in [4.78, 5) is 26.6. The standard InChI is InChI=1S/C20H20N4O3S/c21-10-5-13-28-19-7-2-1-6-16(19)22-20(25)15-8-9-17(18(14-15)24(26)27)23-11-3-4-12-23/h1-2,6-9,14H,3-5,11-13H2,(H,22,25).